The lowest BCUT2D eigenvalue weighted by molar-refractivity contribution is -0.137. The van der Waals surface area contributed by atoms with Crippen LogP contribution in [-0.2, 0) is 4.79 Å². The van der Waals surface area contributed by atoms with Crippen LogP contribution in [0.5, 0.6) is 5.75 Å². The topological polar surface area (TPSA) is 96.7 Å². The number of carboxylic acids is 1. The van der Waals surface area contributed by atoms with Crippen molar-refractivity contribution in [2.45, 2.75) is 12.5 Å². The van der Waals surface area contributed by atoms with E-state index in [4.69, 9.17) is 20.4 Å². The molecular formula is C7H9NO4. The molecule has 1 unspecified atom stereocenters. The minimum absolute atomic E-state index is 0.0501. The van der Waals surface area contributed by atoms with Gasteiger partial charge in [0, 0.05) is 6.07 Å². The molecule has 0 aliphatic rings. The Hall–Kier alpha value is -1.49. The van der Waals surface area contributed by atoms with Crippen LogP contribution in [0.2, 0.25) is 0 Å². The third-order valence-electron chi connectivity index (χ3n) is 1.37. The van der Waals surface area contributed by atoms with Crippen LogP contribution in [0.15, 0.2) is 16.7 Å². The summed E-state index contributed by atoms with van der Waals surface area (Å²) in [5, 5.41) is 17.2. The van der Waals surface area contributed by atoms with Gasteiger partial charge in [0.25, 0.3) is 0 Å². The zero-order chi connectivity index (χ0) is 9.14. The fourth-order valence-electron chi connectivity index (χ4n) is 0.825. The van der Waals surface area contributed by atoms with E-state index in [1.807, 2.05) is 0 Å². The Labute approximate surface area is 68.4 Å². The van der Waals surface area contributed by atoms with E-state index in [-0.39, 0.29) is 17.9 Å². The number of rotatable bonds is 3. The van der Waals surface area contributed by atoms with E-state index < -0.39 is 12.0 Å². The number of aromatic hydroxyl groups is 1. The molecule has 0 bridgehead atoms. The van der Waals surface area contributed by atoms with E-state index >= 15 is 0 Å². The molecule has 1 heterocycles. The average Bonchev–Trinajstić information content (AvgIpc) is 2.34. The number of furan rings is 1. The fraction of sp³-hybridized carbons (Fsp3) is 0.286. The highest BCUT2D eigenvalue weighted by atomic mass is 16.4. The second-order valence-corrected chi connectivity index (χ2v) is 2.41. The van der Waals surface area contributed by atoms with E-state index in [0.717, 1.165) is 6.26 Å². The summed E-state index contributed by atoms with van der Waals surface area (Å²) in [6.07, 6.45) is 0.893. The van der Waals surface area contributed by atoms with E-state index in [1.165, 1.54) is 6.07 Å². The molecular weight excluding hydrogens is 162 g/mol. The van der Waals surface area contributed by atoms with Crippen LogP contribution < -0.4 is 5.73 Å². The zero-order valence-corrected chi connectivity index (χ0v) is 6.23. The maximum Gasteiger partial charge on any atom is 0.305 e. The molecule has 1 aromatic heterocycles. The first kappa shape index (κ1) is 8.61. The molecule has 12 heavy (non-hydrogen) atoms. The summed E-state index contributed by atoms with van der Waals surface area (Å²) in [5.41, 5.74) is 5.42. The van der Waals surface area contributed by atoms with Crippen LogP contribution >= 0.6 is 0 Å². The largest absolute Gasteiger partial charge is 0.505 e. The molecule has 1 atom stereocenters. The van der Waals surface area contributed by atoms with Crippen LogP contribution in [-0.4, -0.2) is 16.2 Å². The zero-order valence-electron chi connectivity index (χ0n) is 6.23. The Kier molecular flexibility index (Phi) is 2.35. The van der Waals surface area contributed by atoms with Gasteiger partial charge in [0.05, 0.1) is 12.5 Å². The maximum atomic E-state index is 10.2. The predicted molar refractivity (Wildman–Crippen MR) is 39.6 cm³/mol. The van der Waals surface area contributed by atoms with Gasteiger partial charge in [-0.05, 0) is 0 Å². The summed E-state index contributed by atoms with van der Waals surface area (Å²) in [5.74, 6) is -0.779. The average molecular weight is 171 g/mol. The van der Waals surface area contributed by atoms with Gasteiger partial charge in [0.15, 0.2) is 5.75 Å². The predicted octanol–water partition coefficient (Wildman–Crippen LogP) is 0.460. The molecule has 66 valence electrons. The number of aliphatic carboxylic acids is 1. The highest BCUT2D eigenvalue weighted by Crippen LogP contribution is 2.20. The SMILES string of the molecule is NC(CC(=O)O)c1cc(O)co1. The quantitative estimate of drug-likeness (QED) is 0.613. The Bertz CT molecular complexity index is 281. The smallest absolute Gasteiger partial charge is 0.305 e. The first-order chi connectivity index (χ1) is 5.59. The summed E-state index contributed by atoms with van der Waals surface area (Å²) in [6, 6.07) is 0.594. The molecule has 0 fully saturated rings. The Morgan fingerprint density at radius 2 is 2.42 bits per heavy atom. The summed E-state index contributed by atoms with van der Waals surface area (Å²) < 4.78 is 4.79. The van der Waals surface area contributed by atoms with Gasteiger partial charge in [-0.1, -0.05) is 0 Å². The van der Waals surface area contributed by atoms with Gasteiger partial charge in [-0.2, -0.15) is 0 Å². The van der Waals surface area contributed by atoms with Gasteiger partial charge < -0.3 is 20.4 Å². The summed E-state index contributed by atoms with van der Waals surface area (Å²) in [7, 11) is 0. The van der Waals surface area contributed by atoms with Crippen molar-refractivity contribution in [2.24, 2.45) is 5.73 Å². The third kappa shape index (κ3) is 2.00. The van der Waals surface area contributed by atoms with Crippen molar-refractivity contribution in [2.75, 3.05) is 0 Å². The molecule has 4 N–H and O–H groups in total. The minimum atomic E-state index is -1.00. The molecule has 5 heteroatoms. The van der Waals surface area contributed by atoms with Crippen molar-refractivity contribution in [1.29, 1.82) is 0 Å². The summed E-state index contributed by atoms with van der Waals surface area (Å²) in [6.45, 7) is 0. The molecule has 0 aromatic carbocycles. The second kappa shape index (κ2) is 3.27. The lowest BCUT2D eigenvalue weighted by atomic mass is 10.2. The fourth-order valence-corrected chi connectivity index (χ4v) is 0.825. The van der Waals surface area contributed by atoms with Crippen molar-refractivity contribution >= 4 is 5.97 Å². The molecule has 1 rings (SSSR count). The first-order valence-electron chi connectivity index (χ1n) is 3.34. The lowest BCUT2D eigenvalue weighted by Gasteiger charge is -2.02. The highest BCUT2D eigenvalue weighted by molar-refractivity contribution is 5.67. The van der Waals surface area contributed by atoms with Crippen molar-refractivity contribution in [3.8, 4) is 5.75 Å². The molecule has 0 aliphatic heterocycles. The molecule has 0 aliphatic carbocycles. The summed E-state index contributed by atoms with van der Waals surface area (Å²) >= 11 is 0. The first-order valence-corrected chi connectivity index (χ1v) is 3.34. The normalized spacial score (nSPS) is 12.8. The Balaban J connectivity index is 2.64. The molecule has 0 spiro atoms. The maximum absolute atomic E-state index is 10.2. The summed E-state index contributed by atoms with van der Waals surface area (Å²) in [4.78, 5) is 10.2. The van der Waals surface area contributed by atoms with Crippen molar-refractivity contribution in [3.05, 3.63) is 18.1 Å². The second-order valence-electron chi connectivity index (χ2n) is 2.41. The number of carboxylic acid groups (broad SMARTS) is 1. The van der Waals surface area contributed by atoms with E-state index in [2.05, 4.69) is 0 Å². The monoisotopic (exact) mass is 171 g/mol. The number of nitrogens with two attached hydrogens (primary N) is 1. The van der Waals surface area contributed by atoms with Gasteiger partial charge in [-0.3, -0.25) is 4.79 Å². The van der Waals surface area contributed by atoms with Gasteiger partial charge >= 0.3 is 5.97 Å². The van der Waals surface area contributed by atoms with Gasteiger partial charge in [-0.15, -0.1) is 0 Å². The van der Waals surface area contributed by atoms with Crippen molar-refractivity contribution < 1.29 is 19.4 Å². The number of hydrogen-bond donors (Lipinski definition) is 3. The van der Waals surface area contributed by atoms with E-state index in [1.54, 1.807) is 0 Å². The number of carbonyl (C=O) groups is 1. The lowest BCUT2D eigenvalue weighted by Crippen LogP contribution is -2.13. The Morgan fingerprint density at radius 3 is 2.83 bits per heavy atom. The van der Waals surface area contributed by atoms with Crippen molar-refractivity contribution in [1.82, 2.24) is 0 Å². The van der Waals surface area contributed by atoms with Crippen LogP contribution in [0.1, 0.15) is 18.2 Å². The molecule has 0 saturated carbocycles. The highest BCUT2D eigenvalue weighted by Gasteiger charge is 2.14. The molecule has 0 amide bonds. The van der Waals surface area contributed by atoms with E-state index in [9.17, 15) is 4.79 Å². The standard InChI is InChI=1S/C7H9NO4/c8-5(2-7(10)11)6-1-4(9)3-12-6/h1,3,5,9H,2,8H2,(H,10,11). The van der Waals surface area contributed by atoms with Gasteiger partial charge in [-0.25, -0.2) is 0 Å². The van der Waals surface area contributed by atoms with Crippen molar-refractivity contribution in [3.63, 3.8) is 0 Å². The molecule has 0 radical (unpaired) electrons. The minimum Gasteiger partial charge on any atom is -0.505 e. The van der Waals surface area contributed by atoms with Crippen LogP contribution in [0.4, 0.5) is 0 Å². The van der Waals surface area contributed by atoms with E-state index in [0.29, 0.717) is 0 Å². The Morgan fingerprint density at radius 1 is 1.75 bits per heavy atom. The van der Waals surface area contributed by atoms with Crippen LogP contribution in [0.25, 0.3) is 0 Å². The third-order valence-corrected chi connectivity index (χ3v) is 1.37. The van der Waals surface area contributed by atoms with Gasteiger partial charge in [0.1, 0.15) is 12.0 Å². The molecule has 5 nitrogen and oxygen atoms in total. The van der Waals surface area contributed by atoms with Crippen LogP contribution in [0.3, 0.4) is 0 Å². The van der Waals surface area contributed by atoms with Gasteiger partial charge in [0.2, 0.25) is 0 Å². The van der Waals surface area contributed by atoms with Crippen LogP contribution in [0, 0.1) is 0 Å². The molecule has 1 aromatic rings. The number of hydrogen-bond acceptors (Lipinski definition) is 4. The molecule has 0 saturated heterocycles.